The molecular weight excluding hydrogens is 398 g/mol. The molecule has 1 fully saturated rings. The number of carbonyl (C=O) groups excluding carboxylic acids is 4. The lowest BCUT2D eigenvalue weighted by atomic mass is 10.1. The third-order valence-electron chi connectivity index (χ3n) is 4.93. The third-order valence-corrected chi connectivity index (χ3v) is 4.93. The molecular formula is C23H25N3O5. The molecule has 0 aliphatic carbocycles. The SMILES string of the molecule is Cc1ccc(NC(=O)COC(=O)CNC(=O)c2ccc(N3CCCC3=O)cc2)c(C)c1. The Balaban J connectivity index is 1.42. The van der Waals surface area contributed by atoms with E-state index in [1.165, 1.54) is 0 Å². The van der Waals surface area contributed by atoms with Gasteiger partial charge in [0.25, 0.3) is 11.8 Å². The second-order valence-corrected chi connectivity index (χ2v) is 7.41. The Labute approximate surface area is 180 Å². The molecule has 3 rings (SSSR count). The van der Waals surface area contributed by atoms with Gasteiger partial charge in [-0.05, 0) is 56.2 Å². The van der Waals surface area contributed by atoms with Gasteiger partial charge in [0, 0.05) is 29.9 Å². The van der Waals surface area contributed by atoms with Crippen molar-refractivity contribution >= 4 is 35.1 Å². The number of nitrogens with one attached hydrogen (secondary N) is 2. The van der Waals surface area contributed by atoms with Gasteiger partial charge in [0.1, 0.15) is 6.54 Å². The second-order valence-electron chi connectivity index (χ2n) is 7.41. The van der Waals surface area contributed by atoms with E-state index in [2.05, 4.69) is 10.6 Å². The summed E-state index contributed by atoms with van der Waals surface area (Å²) in [7, 11) is 0. The first-order valence-electron chi connectivity index (χ1n) is 10.0. The highest BCUT2D eigenvalue weighted by atomic mass is 16.5. The lowest BCUT2D eigenvalue weighted by Gasteiger charge is -2.15. The van der Waals surface area contributed by atoms with Crippen LogP contribution in [0.3, 0.4) is 0 Å². The number of ether oxygens (including phenoxy) is 1. The molecule has 0 unspecified atom stereocenters. The van der Waals surface area contributed by atoms with Crippen molar-refractivity contribution in [2.75, 3.05) is 29.9 Å². The summed E-state index contributed by atoms with van der Waals surface area (Å²) in [5.74, 6) is -1.56. The highest BCUT2D eigenvalue weighted by molar-refractivity contribution is 5.98. The van der Waals surface area contributed by atoms with Crippen molar-refractivity contribution in [3.63, 3.8) is 0 Å². The maximum Gasteiger partial charge on any atom is 0.325 e. The molecule has 0 bridgehead atoms. The number of anilines is 2. The Kier molecular flexibility index (Phi) is 7.02. The van der Waals surface area contributed by atoms with Crippen LogP contribution in [0.15, 0.2) is 42.5 Å². The fraction of sp³-hybridized carbons (Fsp3) is 0.304. The van der Waals surface area contributed by atoms with E-state index in [9.17, 15) is 19.2 Å². The summed E-state index contributed by atoms with van der Waals surface area (Å²) in [4.78, 5) is 49.5. The van der Waals surface area contributed by atoms with Crippen LogP contribution in [0.4, 0.5) is 11.4 Å². The molecule has 2 aromatic rings. The van der Waals surface area contributed by atoms with Crippen molar-refractivity contribution in [3.8, 4) is 0 Å². The van der Waals surface area contributed by atoms with Crippen LogP contribution in [0.25, 0.3) is 0 Å². The number of hydrogen-bond donors (Lipinski definition) is 2. The Morgan fingerprint density at radius 1 is 1.06 bits per heavy atom. The minimum Gasteiger partial charge on any atom is -0.454 e. The summed E-state index contributed by atoms with van der Waals surface area (Å²) >= 11 is 0. The zero-order valence-corrected chi connectivity index (χ0v) is 17.6. The maximum absolute atomic E-state index is 12.2. The standard InChI is InChI=1S/C23H25N3O5/c1-15-5-10-19(16(2)12-15)25-20(27)14-31-22(29)13-24-23(30)17-6-8-18(9-7-17)26-11-3-4-21(26)28/h5-10,12H,3-4,11,13-14H2,1-2H3,(H,24,30)(H,25,27). The fourth-order valence-electron chi connectivity index (χ4n) is 3.31. The fourth-order valence-corrected chi connectivity index (χ4v) is 3.31. The van der Waals surface area contributed by atoms with E-state index in [4.69, 9.17) is 4.74 Å². The molecule has 0 aromatic heterocycles. The van der Waals surface area contributed by atoms with Gasteiger partial charge in [0.05, 0.1) is 0 Å². The van der Waals surface area contributed by atoms with Crippen molar-refractivity contribution < 1.29 is 23.9 Å². The molecule has 0 spiro atoms. The van der Waals surface area contributed by atoms with Crippen LogP contribution in [0.1, 0.15) is 34.3 Å². The third kappa shape index (κ3) is 5.91. The van der Waals surface area contributed by atoms with E-state index in [0.717, 1.165) is 23.2 Å². The van der Waals surface area contributed by atoms with Crippen molar-refractivity contribution in [1.29, 1.82) is 0 Å². The summed E-state index contributed by atoms with van der Waals surface area (Å²) in [5.41, 5.74) is 3.74. The minimum absolute atomic E-state index is 0.0709. The number of benzene rings is 2. The van der Waals surface area contributed by atoms with E-state index in [1.807, 2.05) is 26.0 Å². The van der Waals surface area contributed by atoms with Crippen molar-refractivity contribution in [1.82, 2.24) is 5.32 Å². The smallest absolute Gasteiger partial charge is 0.325 e. The van der Waals surface area contributed by atoms with Crippen LogP contribution >= 0.6 is 0 Å². The molecule has 2 aromatic carbocycles. The van der Waals surface area contributed by atoms with Gasteiger partial charge in [-0.3, -0.25) is 19.2 Å². The number of nitrogens with zero attached hydrogens (tertiary/aromatic N) is 1. The van der Waals surface area contributed by atoms with Gasteiger partial charge in [-0.1, -0.05) is 17.7 Å². The molecule has 0 radical (unpaired) electrons. The van der Waals surface area contributed by atoms with E-state index in [0.29, 0.717) is 24.2 Å². The quantitative estimate of drug-likeness (QED) is 0.665. The molecule has 1 heterocycles. The largest absolute Gasteiger partial charge is 0.454 e. The summed E-state index contributed by atoms with van der Waals surface area (Å²) in [6.45, 7) is 3.70. The molecule has 2 N–H and O–H groups in total. The molecule has 0 atom stereocenters. The Hall–Kier alpha value is -3.68. The zero-order valence-electron chi connectivity index (χ0n) is 17.6. The molecule has 0 saturated carbocycles. The highest BCUT2D eigenvalue weighted by Crippen LogP contribution is 2.21. The van der Waals surface area contributed by atoms with Crippen LogP contribution in [0, 0.1) is 13.8 Å². The number of hydrogen-bond acceptors (Lipinski definition) is 5. The van der Waals surface area contributed by atoms with Gasteiger partial charge in [-0.25, -0.2) is 0 Å². The zero-order chi connectivity index (χ0) is 22.4. The topological polar surface area (TPSA) is 105 Å². The monoisotopic (exact) mass is 423 g/mol. The van der Waals surface area contributed by atoms with Gasteiger partial charge in [-0.2, -0.15) is 0 Å². The molecule has 31 heavy (non-hydrogen) atoms. The molecule has 162 valence electrons. The van der Waals surface area contributed by atoms with E-state index in [1.54, 1.807) is 35.2 Å². The summed E-state index contributed by atoms with van der Waals surface area (Å²) in [6, 6.07) is 12.2. The van der Waals surface area contributed by atoms with Crippen LogP contribution in [-0.2, 0) is 19.1 Å². The first-order valence-corrected chi connectivity index (χ1v) is 10.0. The number of esters is 1. The lowest BCUT2D eigenvalue weighted by Crippen LogP contribution is -2.32. The van der Waals surface area contributed by atoms with Crippen molar-refractivity contribution in [2.24, 2.45) is 0 Å². The van der Waals surface area contributed by atoms with Crippen LogP contribution in [0.5, 0.6) is 0 Å². The van der Waals surface area contributed by atoms with E-state index in [-0.39, 0.29) is 12.5 Å². The summed E-state index contributed by atoms with van der Waals surface area (Å²) < 4.78 is 4.91. The predicted molar refractivity (Wildman–Crippen MR) is 116 cm³/mol. The number of rotatable bonds is 7. The van der Waals surface area contributed by atoms with Gasteiger partial charge in [-0.15, -0.1) is 0 Å². The van der Waals surface area contributed by atoms with E-state index < -0.39 is 24.4 Å². The number of aryl methyl sites for hydroxylation is 2. The average molecular weight is 423 g/mol. The molecule has 1 saturated heterocycles. The van der Waals surface area contributed by atoms with Crippen LogP contribution in [0.2, 0.25) is 0 Å². The average Bonchev–Trinajstić information content (AvgIpc) is 3.18. The predicted octanol–water partition coefficient (Wildman–Crippen LogP) is 2.34. The highest BCUT2D eigenvalue weighted by Gasteiger charge is 2.21. The van der Waals surface area contributed by atoms with Gasteiger partial charge >= 0.3 is 5.97 Å². The van der Waals surface area contributed by atoms with Gasteiger partial charge in [0.15, 0.2) is 6.61 Å². The first-order chi connectivity index (χ1) is 14.8. The molecule has 1 aliphatic rings. The van der Waals surface area contributed by atoms with Crippen LogP contribution < -0.4 is 15.5 Å². The first kappa shape index (κ1) is 22.0. The Morgan fingerprint density at radius 3 is 2.45 bits per heavy atom. The Bertz CT molecular complexity index is 1000. The molecule has 8 heteroatoms. The van der Waals surface area contributed by atoms with Crippen molar-refractivity contribution in [3.05, 3.63) is 59.2 Å². The number of amides is 3. The summed E-state index contributed by atoms with van der Waals surface area (Å²) in [5, 5.41) is 5.14. The molecule has 3 amide bonds. The van der Waals surface area contributed by atoms with Crippen LogP contribution in [-0.4, -0.2) is 43.4 Å². The van der Waals surface area contributed by atoms with Gasteiger partial charge < -0.3 is 20.3 Å². The van der Waals surface area contributed by atoms with Crippen molar-refractivity contribution in [2.45, 2.75) is 26.7 Å². The van der Waals surface area contributed by atoms with Gasteiger partial charge in [0.2, 0.25) is 5.91 Å². The lowest BCUT2D eigenvalue weighted by molar-refractivity contribution is -0.146. The second kappa shape index (κ2) is 9.88. The molecule has 1 aliphatic heterocycles. The van der Waals surface area contributed by atoms with E-state index >= 15 is 0 Å². The molecule has 8 nitrogen and oxygen atoms in total. The number of carbonyl (C=O) groups is 4. The summed E-state index contributed by atoms with van der Waals surface area (Å²) in [6.07, 6.45) is 1.36. The Morgan fingerprint density at radius 2 is 1.81 bits per heavy atom. The normalized spacial score (nSPS) is 13.1. The minimum atomic E-state index is -0.719. The maximum atomic E-state index is 12.2.